The Morgan fingerprint density at radius 1 is 1.30 bits per heavy atom. The van der Waals surface area contributed by atoms with Crippen molar-refractivity contribution in [2.45, 2.75) is 33.3 Å². The number of ether oxygens (including phenoxy) is 2. The van der Waals surface area contributed by atoms with Crippen LogP contribution in [-0.4, -0.2) is 39.5 Å². The summed E-state index contributed by atoms with van der Waals surface area (Å²) in [5.41, 5.74) is 0.214. The van der Waals surface area contributed by atoms with Gasteiger partial charge in [0.2, 0.25) is 0 Å². The van der Waals surface area contributed by atoms with Crippen LogP contribution in [0.15, 0.2) is 50.8 Å². The Hall–Kier alpha value is -3.60. The summed E-state index contributed by atoms with van der Waals surface area (Å²) in [5.74, 6) is -0.260. The predicted molar refractivity (Wildman–Crippen MR) is 126 cm³/mol. The van der Waals surface area contributed by atoms with Crippen molar-refractivity contribution >= 4 is 44.7 Å². The number of nitro groups is 1. The topological polar surface area (TPSA) is 126 Å². The van der Waals surface area contributed by atoms with Crippen molar-refractivity contribution in [3.05, 3.63) is 72.7 Å². The largest absolute Gasteiger partial charge is 0.472 e. The molecule has 2 aromatic carbocycles. The zero-order chi connectivity index (χ0) is 24.1. The molecule has 0 spiro atoms. The zero-order valence-electron chi connectivity index (χ0n) is 18.1. The molecule has 0 aliphatic rings. The first-order valence-corrected chi connectivity index (χ1v) is 10.9. The molecule has 0 unspecified atom stereocenters. The lowest BCUT2D eigenvalue weighted by Crippen LogP contribution is -2.26. The number of carbonyl (C=O) groups is 1. The Labute approximate surface area is 197 Å². The highest BCUT2D eigenvalue weighted by Gasteiger charge is 2.22. The second-order valence-electron chi connectivity index (χ2n) is 6.90. The first kappa shape index (κ1) is 24.1. The molecule has 0 bridgehead atoms. The highest BCUT2D eigenvalue weighted by Crippen LogP contribution is 2.28. The number of hydrogen-bond donors (Lipinski definition) is 0. The molecule has 1 aromatic heterocycles. The standard InChI is InChI=1S/C22H21BrN4O6/c1-4-20-25-17-8-7-15(23)11-16(17)21(28)26(20)24-12-14-6-9-19(18(10-14)27(30)31)33-13(3)22(29)32-5-2/h6-13H,4-5H2,1-3H3/t13-/m1/s1. The maximum Gasteiger partial charge on any atom is 0.347 e. The first-order valence-electron chi connectivity index (χ1n) is 10.1. The van der Waals surface area contributed by atoms with Gasteiger partial charge in [0.25, 0.3) is 5.56 Å². The fourth-order valence-electron chi connectivity index (χ4n) is 3.02. The van der Waals surface area contributed by atoms with Gasteiger partial charge in [-0.1, -0.05) is 22.9 Å². The van der Waals surface area contributed by atoms with Gasteiger partial charge in [0, 0.05) is 22.5 Å². The Balaban J connectivity index is 1.97. The number of nitrogens with zero attached hydrogens (tertiary/aromatic N) is 4. The number of carbonyl (C=O) groups excluding carboxylic acids is 1. The van der Waals surface area contributed by atoms with Gasteiger partial charge in [0.05, 0.1) is 28.6 Å². The quantitative estimate of drug-likeness (QED) is 0.192. The molecule has 0 aliphatic heterocycles. The molecule has 0 amide bonds. The van der Waals surface area contributed by atoms with Gasteiger partial charge < -0.3 is 9.47 Å². The number of nitro benzene ring substituents is 1. The highest BCUT2D eigenvalue weighted by atomic mass is 79.9. The monoisotopic (exact) mass is 516 g/mol. The van der Waals surface area contributed by atoms with Crippen LogP contribution in [0.4, 0.5) is 5.69 Å². The summed E-state index contributed by atoms with van der Waals surface area (Å²) in [4.78, 5) is 40.2. The summed E-state index contributed by atoms with van der Waals surface area (Å²) in [6.45, 7) is 5.12. The summed E-state index contributed by atoms with van der Waals surface area (Å²) in [6.07, 6.45) is 0.770. The fraction of sp³-hybridized carbons (Fsp3) is 0.273. The number of esters is 1. The lowest BCUT2D eigenvalue weighted by Gasteiger charge is -2.13. The third kappa shape index (κ3) is 5.43. The summed E-state index contributed by atoms with van der Waals surface area (Å²) in [6, 6.07) is 9.36. The minimum atomic E-state index is -1.02. The maximum atomic E-state index is 13.0. The van der Waals surface area contributed by atoms with Crippen LogP contribution in [-0.2, 0) is 16.0 Å². The molecule has 172 valence electrons. The molecule has 0 N–H and O–H groups in total. The van der Waals surface area contributed by atoms with Crippen LogP contribution >= 0.6 is 15.9 Å². The van der Waals surface area contributed by atoms with Gasteiger partial charge in [0.15, 0.2) is 11.9 Å². The molecule has 1 atom stereocenters. The van der Waals surface area contributed by atoms with E-state index >= 15 is 0 Å². The average molecular weight is 517 g/mol. The Kier molecular flexibility index (Phi) is 7.54. The van der Waals surface area contributed by atoms with Crippen LogP contribution in [0.2, 0.25) is 0 Å². The fourth-order valence-corrected chi connectivity index (χ4v) is 3.38. The van der Waals surface area contributed by atoms with E-state index in [9.17, 15) is 19.7 Å². The van der Waals surface area contributed by atoms with E-state index in [4.69, 9.17) is 9.47 Å². The van der Waals surface area contributed by atoms with Gasteiger partial charge in [-0.15, -0.1) is 0 Å². The smallest absolute Gasteiger partial charge is 0.347 e. The van der Waals surface area contributed by atoms with Gasteiger partial charge in [-0.3, -0.25) is 14.9 Å². The van der Waals surface area contributed by atoms with E-state index in [1.165, 1.54) is 36.0 Å². The SMILES string of the molecule is CCOC(=O)[C@@H](C)Oc1ccc(C=Nn2c(CC)nc3ccc(Br)cc3c2=O)cc1[N+](=O)[O-]. The summed E-state index contributed by atoms with van der Waals surface area (Å²) < 4.78 is 12.2. The van der Waals surface area contributed by atoms with E-state index in [-0.39, 0.29) is 23.6 Å². The maximum absolute atomic E-state index is 13.0. The van der Waals surface area contributed by atoms with E-state index in [2.05, 4.69) is 26.0 Å². The van der Waals surface area contributed by atoms with Gasteiger partial charge in [-0.2, -0.15) is 9.78 Å². The second-order valence-corrected chi connectivity index (χ2v) is 7.82. The number of fused-ring (bicyclic) bond motifs is 1. The van der Waals surface area contributed by atoms with Crippen molar-refractivity contribution in [3.63, 3.8) is 0 Å². The van der Waals surface area contributed by atoms with Crippen molar-refractivity contribution in [1.29, 1.82) is 0 Å². The number of benzene rings is 2. The van der Waals surface area contributed by atoms with E-state index in [1.807, 2.05) is 6.92 Å². The number of halogens is 1. The molecule has 0 fully saturated rings. The molecule has 33 heavy (non-hydrogen) atoms. The highest BCUT2D eigenvalue weighted by molar-refractivity contribution is 9.10. The minimum absolute atomic E-state index is 0.0821. The summed E-state index contributed by atoms with van der Waals surface area (Å²) in [7, 11) is 0. The second kappa shape index (κ2) is 10.3. The van der Waals surface area contributed by atoms with E-state index in [0.29, 0.717) is 28.7 Å². The van der Waals surface area contributed by atoms with Crippen molar-refractivity contribution in [2.24, 2.45) is 5.10 Å². The van der Waals surface area contributed by atoms with Gasteiger partial charge >= 0.3 is 11.7 Å². The minimum Gasteiger partial charge on any atom is -0.472 e. The van der Waals surface area contributed by atoms with Gasteiger partial charge in [-0.05, 0) is 44.2 Å². The molecule has 3 aromatic rings. The molecular formula is C22H21BrN4O6. The van der Waals surface area contributed by atoms with Crippen LogP contribution < -0.4 is 10.3 Å². The lowest BCUT2D eigenvalue weighted by atomic mass is 10.2. The molecule has 10 nitrogen and oxygen atoms in total. The molecule has 3 rings (SSSR count). The van der Waals surface area contributed by atoms with Crippen molar-refractivity contribution in [2.75, 3.05) is 6.61 Å². The third-order valence-corrected chi connectivity index (χ3v) is 5.11. The number of rotatable bonds is 8. The number of hydrogen-bond acceptors (Lipinski definition) is 8. The van der Waals surface area contributed by atoms with Gasteiger partial charge in [-0.25, -0.2) is 9.78 Å². The first-order chi connectivity index (χ1) is 15.7. The summed E-state index contributed by atoms with van der Waals surface area (Å²) >= 11 is 3.35. The normalized spacial score (nSPS) is 12.1. The Morgan fingerprint density at radius 3 is 2.73 bits per heavy atom. The molecule has 0 saturated heterocycles. The van der Waals surface area contributed by atoms with Crippen molar-refractivity contribution in [3.8, 4) is 5.75 Å². The van der Waals surface area contributed by atoms with Crippen molar-refractivity contribution in [1.82, 2.24) is 9.66 Å². The van der Waals surface area contributed by atoms with E-state index in [0.717, 1.165) is 4.47 Å². The third-order valence-electron chi connectivity index (χ3n) is 4.62. The number of aromatic nitrogens is 2. The molecular weight excluding hydrogens is 496 g/mol. The number of aryl methyl sites for hydroxylation is 1. The zero-order valence-corrected chi connectivity index (χ0v) is 19.7. The molecule has 1 heterocycles. The van der Waals surface area contributed by atoms with Crippen LogP contribution in [0, 0.1) is 10.1 Å². The average Bonchev–Trinajstić information content (AvgIpc) is 2.79. The van der Waals surface area contributed by atoms with Gasteiger partial charge in [0.1, 0.15) is 5.82 Å². The predicted octanol–water partition coefficient (Wildman–Crippen LogP) is 3.84. The van der Waals surface area contributed by atoms with Crippen molar-refractivity contribution < 1.29 is 19.2 Å². The van der Waals surface area contributed by atoms with E-state index < -0.39 is 17.0 Å². The van der Waals surface area contributed by atoms with Crippen LogP contribution in [0.5, 0.6) is 5.75 Å². The lowest BCUT2D eigenvalue weighted by molar-refractivity contribution is -0.386. The molecule has 0 aliphatic carbocycles. The van der Waals surface area contributed by atoms with Crippen LogP contribution in [0.3, 0.4) is 0 Å². The molecule has 11 heteroatoms. The summed E-state index contributed by atoms with van der Waals surface area (Å²) in [5, 5.41) is 16.2. The van der Waals surface area contributed by atoms with Crippen LogP contribution in [0.1, 0.15) is 32.2 Å². The Bertz CT molecular complexity index is 1300. The van der Waals surface area contributed by atoms with Crippen LogP contribution in [0.25, 0.3) is 10.9 Å². The molecule has 0 saturated carbocycles. The van der Waals surface area contributed by atoms with E-state index in [1.54, 1.807) is 25.1 Å². The molecule has 0 radical (unpaired) electrons. The Morgan fingerprint density at radius 2 is 2.06 bits per heavy atom.